The molecule has 0 aromatic carbocycles. The highest BCUT2D eigenvalue weighted by molar-refractivity contribution is 7.90. The SMILES string of the molecule is CCn1nc(C)c2c(Cl)c(-c3nnc(S(C)(=O)=O)o3)cnc21. The van der Waals surface area contributed by atoms with Gasteiger partial charge in [0.1, 0.15) is 0 Å². The van der Waals surface area contributed by atoms with Crippen molar-refractivity contribution in [2.45, 2.75) is 25.6 Å². The van der Waals surface area contributed by atoms with Gasteiger partial charge in [-0.25, -0.2) is 18.1 Å². The molecule has 0 saturated carbocycles. The van der Waals surface area contributed by atoms with Gasteiger partial charge in [-0.1, -0.05) is 16.7 Å². The number of fused-ring (bicyclic) bond motifs is 1. The highest BCUT2D eigenvalue weighted by atomic mass is 35.5. The van der Waals surface area contributed by atoms with Crippen molar-refractivity contribution in [2.75, 3.05) is 6.26 Å². The van der Waals surface area contributed by atoms with Crippen LogP contribution in [0.3, 0.4) is 0 Å². The van der Waals surface area contributed by atoms with Crippen LogP contribution in [0.25, 0.3) is 22.5 Å². The summed E-state index contributed by atoms with van der Waals surface area (Å²) in [4.78, 5) is 4.32. The molecule has 0 N–H and O–H groups in total. The molecule has 0 atom stereocenters. The van der Waals surface area contributed by atoms with Gasteiger partial charge in [-0.05, 0) is 13.8 Å². The highest BCUT2D eigenvalue weighted by Gasteiger charge is 2.22. The van der Waals surface area contributed by atoms with E-state index in [0.717, 1.165) is 11.9 Å². The molecule has 0 bridgehead atoms. The molecule has 8 nitrogen and oxygen atoms in total. The number of pyridine rings is 1. The molecule has 0 radical (unpaired) electrons. The zero-order valence-corrected chi connectivity index (χ0v) is 13.6. The van der Waals surface area contributed by atoms with Crippen LogP contribution in [0.15, 0.2) is 15.8 Å². The molecule has 22 heavy (non-hydrogen) atoms. The Balaban J connectivity index is 2.22. The fourth-order valence-electron chi connectivity index (χ4n) is 2.11. The summed E-state index contributed by atoms with van der Waals surface area (Å²) in [5.74, 6) is 0.00322. The molecule has 0 spiro atoms. The first kappa shape index (κ1) is 14.9. The predicted molar refractivity (Wildman–Crippen MR) is 79.4 cm³/mol. The summed E-state index contributed by atoms with van der Waals surface area (Å²) in [6.45, 7) is 4.43. The lowest BCUT2D eigenvalue weighted by molar-refractivity contribution is 0.442. The average molecular weight is 342 g/mol. The lowest BCUT2D eigenvalue weighted by Gasteiger charge is -2.02. The second-order valence-electron chi connectivity index (χ2n) is 4.73. The topological polar surface area (TPSA) is 104 Å². The Morgan fingerprint density at radius 3 is 2.68 bits per heavy atom. The van der Waals surface area contributed by atoms with E-state index in [1.807, 2.05) is 13.8 Å². The van der Waals surface area contributed by atoms with Gasteiger partial charge in [0.25, 0.3) is 5.89 Å². The fourth-order valence-corrected chi connectivity index (χ4v) is 2.88. The molecular weight excluding hydrogens is 330 g/mol. The highest BCUT2D eigenvalue weighted by Crippen LogP contribution is 2.34. The first-order chi connectivity index (χ1) is 10.3. The van der Waals surface area contributed by atoms with Gasteiger partial charge >= 0.3 is 5.22 Å². The molecule has 0 aliphatic rings. The minimum atomic E-state index is -3.57. The molecule has 3 heterocycles. The molecule has 0 aliphatic carbocycles. The van der Waals surface area contributed by atoms with Crippen molar-refractivity contribution in [1.82, 2.24) is 25.0 Å². The third kappa shape index (κ3) is 2.26. The van der Waals surface area contributed by atoms with E-state index in [9.17, 15) is 8.42 Å². The summed E-state index contributed by atoms with van der Waals surface area (Å²) < 4.78 is 29.7. The smallest absolute Gasteiger partial charge is 0.335 e. The van der Waals surface area contributed by atoms with Crippen LogP contribution in [-0.2, 0) is 16.4 Å². The van der Waals surface area contributed by atoms with Crippen LogP contribution in [0.1, 0.15) is 12.6 Å². The van der Waals surface area contributed by atoms with Gasteiger partial charge in [0.15, 0.2) is 5.65 Å². The third-order valence-electron chi connectivity index (χ3n) is 3.13. The van der Waals surface area contributed by atoms with Crippen LogP contribution >= 0.6 is 11.6 Å². The molecule has 0 unspecified atom stereocenters. The monoisotopic (exact) mass is 341 g/mol. The Morgan fingerprint density at radius 2 is 2.09 bits per heavy atom. The summed E-state index contributed by atoms with van der Waals surface area (Å²) in [6.07, 6.45) is 2.46. The van der Waals surface area contributed by atoms with E-state index in [2.05, 4.69) is 20.3 Å². The summed E-state index contributed by atoms with van der Waals surface area (Å²) in [6, 6.07) is 0. The number of sulfone groups is 1. The Hall–Kier alpha value is -2.00. The zero-order valence-electron chi connectivity index (χ0n) is 12.0. The maximum absolute atomic E-state index is 11.4. The Kier molecular flexibility index (Phi) is 3.41. The Bertz CT molecular complexity index is 976. The minimum absolute atomic E-state index is 0.00322. The number of hydrogen-bond acceptors (Lipinski definition) is 7. The number of aromatic nitrogens is 5. The van der Waals surface area contributed by atoms with Crippen molar-refractivity contribution >= 4 is 32.5 Å². The molecule has 3 aromatic heterocycles. The van der Waals surface area contributed by atoms with Gasteiger partial charge in [0, 0.05) is 19.0 Å². The molecule has 0 saturated heterocycles. The van der Waals surface area contributed by atoms with Crippen LogP contribution in [0.4, 0.5) is 0 Å². The third-order valence-corrected chi connectivity index (χ3v) is 4.32. The van der Waals surface area contributed by atoms with E-state index in [1.165, 1.54) is 6.20 Å². The van der Waals surface area contributed by atoms with E-state index in [-0.39, 0.29) is 5.89 Å². The van der Waals surface area contributed by atoms with Crippen molar-refractivity contribution in [3.05, 3.63) is 16.9 Å². The largest absolute Gasteiger partial charge is 0.408 e. The van der Waals surface area contributed by atoms with Crippen molar-refractivity contribution in [1.29, 1.82) is 0 Å². The second kappa shape index (κ2) is 5.03. The van der Waals surface area contributed by atoms with Crippen LogP contribution < -0.4 is 0 Å². The van der Waals surface area contributed by atoms with Crippen molar-refractivity contribution in [3.8, 4) is 11.5 Å². The quantitative estimate of drug-likeness (QED) is 0.716. The first-order valence-electron chi connectivity index (χ1n) is 6.38. The average Bonchev–Trinajstić information content (AvgIpc) is 3.04. The van der Waals surface area contributed by atoms with E-state index >= 15 is 0 Å². The lowest BCUT2D eigenvalue weighted by Crippen LogP contribution is -1.97. The predicted octanol–water partition coefficient (Wildman–Crippen LogP) is 1.87. The van der Waals surface area contributed by atoms with Gasteiger partial charge in [0.05, 0.1) is 21.7 Å². The van der Waals surface area contributed by atoms with Gasteiger partial charge < -0.3 is 4.42 Å². The van der Waals surface area contributed by atoms with Gasteiger partial charge in [-0.3, -0.25) is 0 Å². The number of aryl methyl sites for hydroxylation is 2. The maximum atomic E-state index is 11.4. The zero-order chi connectivity index (χ0) is 16.1. The van der Waals surface area contributed by atoms with E-state index < -0.39 is 15.1 Å². The van der Waals surface area contributed by atoms with Gasteiger partial charge in [-0.15, -0.1) is 5.10 Å². The number of rotatable bonds is 3. The van der Waals surface area contributed by atoms with Gasteiger partial charge in [-0.2, -0.15) is 5.10 Å². The molecule has 0 aliphatic heterocycles. The molecular formula is C12H12ClN5O3S. The summed E-state index contributed by atoms with van der Waals surface area (Å²) in [5, 5.41) is 12.2. The number of hydrogen-bond donors (Lipinski definition) is 0. The summed E-state index contributed by atoms with van der Waals surface area (Å²) >= 11 is 6.40. The molecule has 116 valence electrons. The summed E-state index contributed by atoms with van der Waals surface area (Å²) in [5.41, 5.74) is 1.74. The molecule has 3 rings (SSSR count). The van der Waals surface area contributed by atoms with Gasteiger partial charge in [0.2, 0.25) is 9.84 Å². The van der Waals surface area contributed by atoms with Crippen molar-refractivity contribution in [2.24, 2.45) is 0 Å². The van der Waals surface area contributed by atoms with E-state index in [0.29, 0.717) is 28.2 Å². The normalized spacial score (nSPS) is 12.2. The Morgan fingerprint density at radius 1 is 1.36 bits per heavy atom. The second-order valence-corrected chi connectivity index (χ2v) is 7.00. The summed E-state index contributed by atoms with van der Waals surface area (Å²) in [7, 11) is -3.57. The number of nitrogens with zero attached hydrogens (tertiary/aromatic N) is 5. The van der Waals surface area contributed by atoms with Crippen molar-refractivity contribution in [3.63, 3.8) is 0 Å². The first-order valence-corrected chi connectivity index (χ1v) is 8.65. The standard InChI is InChI=1S/C12H12ClN5O3S/c1-4-18-10-8(6(2)17-18)9(13)7(5-14-10)11-15-16-12(21-11)22(3,19)20/h5H,4H2,1-3H3. The molecule has 0 amide bonds. The van der Waals surface area contributed by atoms with Crippen LogP contribution in [0.5, 0.6) is 0 Å². The van der Waals surface area contributed by atoms with Crippen LogP contribution in [-0.4, -0.2) is 39.6 Å². The number of halogens is 1. The fraction of sp³-hybridized carbons (Fsp3) is 0.333. The van der Waals surface area contributed by atoms with Crippen LogP contribution in [0.2, 0.25) is 5.02 Å². The van der Waals surface area contributed by atoms with Crippen molar-refractivity contribution < 1.29 is 12.8 Å². The molecule has 3 aromatic rings. The van der Waals surface area contributed by atoms with Crippen LogP contribution in [0, 0.1) is 6.92 Å². The lowest BCUT2D eigenvalue weighted by atomic mass is 10.2. The van der Waals surface area contributed by atoms with E-state index in [4.69, 9.17) is 16.0 Å². The molecule has 10 heteroatoms. The van der Waals surface area contributed by atoms with E-state index in [1.54, 1.807) is 4.68 Å². The maximum Gasteiger partial charge on any atom is 0.335 e. The molecule has 0 fully saturated rings. The minimum Gasteiger partial charge on any atom is -0.408 e. The Labute approximate surface area is 131 Å².